The van der Waals surface area contributed by atoms with Gasteiger partial charge in [0, 0.05) is 7.11 Å². The zero-order valence-electron chi connectivity index (χ0n) is 12.3. The highest BCUT2D eigenvalue weighted by Gasteiger charge is 2.47. The van der Waals surface area contributed by atoms with Crippen LogP contribution in [0, 0.1) is 13.8 Å². The lowest BCUT2D eigenvalue weighted by molar-refractivity contribution is -0.132. The Kier molecular flexibility index (Phi) is 3.81. The number of urea groups is 1. The number of carbonyl (C=O) groups is 2. The molecule has 3 amide bonds. The first-order valence-corrected chi connectivity index (χ1v) is 6.56. The minimum absolute atomic E-state index is 0.168. The summed E-state index contributed by atoms with van der Waals surface area (Å²) >= 11 is 0. The first-order chi connectivity index (χ1) is 9.37. The maximum Gasteiger partial charge on any atom is 0.325 e. The average molecular weight is 276 g/mol. The monoisotopic (exact) mass is 276 g/mol. The number of amides is 3. The molecule has 1 aromatic rings. The highest BCUT2D eigenvalue weighted by Crippen LogP contribution is 2.22. The van der Waals surface area contributed by atoms with Crippen LogP contribution in [0.5, 0.6) is 0 Å². The molecule has 1 atom stereocenters. The van der Waals surface area contributed by atoms with Crippen LogP contribution in [-0.2, 0) is 16.1 Å². The molecule has 20 heavy (non-hydrogen) atoms. The van der Waals surface area contributed by atoms with Crippen molar-refractivity contribution in [2.75, 3.05) is 13.7 Å². The molecule has 1 aliphatic heterocycles. The van der Waals surface area contributed by atoms with Gasteiger partial charge in [0.05, 0.1) is 13.2 Å². The van der Waals surface area contributed by atoms with E-state index in [1.54, 1.807) is 6.92 Å². The van der Waals surface area contributed by atoms with E-state index in [9.17, 15) is 9.59 Å². The molecule has 1 aliphatic rings. The topological polar surface area (TPSA) is 58.6 Å². The molecular formula is C15H20N2O3. The summed E-state index contributed by atoms with van der Waals surface area (Å²) in [5, 5.41) is 2.70. The van der Waals surface area contributed by atoms with E-state index in [0.29, 0.717) is 0 Å². The number of rotatable bonds is 4. The number of methoxy groups -OCH3 is 1. The smallest absolute Gasteiger partial charge is 0.325 e. The minimum Gasteiger partial charge on any atom is -0.382 e. The molecule has 1 saturated heterocycles. The predicted octanol–water partition coefficient (Wildman–Crippen LogP) is 1.76. The lowest BCUT2D eigenvalue weighted by Gasteiger charge is -2.20. The first-order valence-electron chi connectivity index (χ1n) is 6.56. The molecule has 108 valence electrons. The number of hydrogen-bond donors (Lipinski definition) is 1. The Balaban J connectivity index is 2.23. The number of carbonyl (C=O) groups excluding carboxylic acids is 2. The quantitative estimate of drug-likeness (QED) is 0.852. The van der Waals surface area contributed by atoms with Gasteiger partial charge in [0.15, 0.2) is 0 Å². The van der Waals surface area contributed by atoms with Crippen LogP contribution in [0.15, 0.2) is 18.2 Å². The summed E-state index contributed by atoms with van der Waals surface area (Å²) in [5.74, 6) is -0.245. The third-order valence-electron chi connectivity index (χ3n) is 3.61. The second-order valence-electron chi connectivity index (χ2n) is 5.52. The van der Waals surface area contributed by atoms with Crippen molar-refractivity contribution < 1.29 is 14.3 Å². The maximum atomic E-state index is 12.4. The summed E-state index contributed by atoms with van der Waals surface area (Å²) in [6, 6.07) is 5.65. The Labute approximate surface area is 118 Å². The number of nitrogens with one attached hydrogen (secondary N) is 1. The molecule has 0 spiro atoms. The number of aryl methyl sites for hydroxylation is 2. The molecule has 5 nitrogen and oxygen atoms in total. The van der Waals surface area contributed by atoms with Crippen LogP contribution < -0.4 is 5.32 Å². The van der Waals surface area contributed by atoms with Crippen LogP contribution >= 0.6 is 0 Å². The first kappa shape index (κ1) is 14.5. The van der Waals surface area contributed by atoms with Gasteiger partial charge in [0.25, 0.3) is 5.91 Å². The molecule has 5 heteroatoms. The van der Waals surface area contributed by atoms with Gasteiger partial charge in [-0.2, -0.15) is 0 Å². The maximum absolute atomic E-state index is 12.4. The molecule has 0 radical (unpaired) electrons. The van der Waals surface area contributed by atoms with Crippen LogP contribution in [0.2, 0.25) is 0 Å². The van der Waals surface area contributed by atoms with Crippen molar-refractivity contribution in [3.63, 3.8) is 0 Å². The summed E-state index contributed by atoms with van der Waals surface area (Å²) in [7, 11) is 1.51. The molecule has 1 N–H and O–H groups in total. The Bertz CT molecular complexity index is 556. The molecule has 0 bridgehead atoms. The van der Waals surface area contributed by atoms with Crippen LogP contribution in [0.1, 0.15) is 23.6 Å². The molecule has 1 heterocycles. The van der Waals surface area contributed by atoms with Crippen LogP contribution in [0.25, 0.3) is 0 Å². The molecule has 2 rings (SSSR count). The summed E-state index contributed by atoms with van der Waals surface area (Å²) < 4.78 is 5.03. The van der Waals surface area contributed by atoms with Gasteiger partial charge < -0.3 is 10.1 Å². The van der Waals surface area contributed by atoms with Crippen LogP contribution in [-0.4, -0.2) is 36.1 Å². The zero-order valence-corrected chi connectivity index (χ0v) is 12.3. The Hall–Kier alpha value is -1.88. The molecule has 1 aromatic carbocycles. The van der Waals surface area contributed by atoms with Gasteiger partial charge in [-0.25, -0.2) is 4.79 Å². The molecule has 0 unspecified atom stereocenters. The van der Waals surface area contributed by atoms with E-state index >= 15 is 0 Å². The van der Waals surface area contributed by atoms with E-state index < -0.39 is 5.54 Å². The number of nitrogens with zero attached hydrogens (tertiary/aromatic N) is 1. The molecule has 0 saturated carbocycles. The Morgan fingerprint density at radius 2 is 2.00 bits per heavy atom. The van der Waals surface area contributed by atoms with Crippen LogP contribution in [0.4, 0.5) is 4.79 Å². The van der Waals surface area contributed by atoms with E-state index in [1.165, 1.54) is 12.0 Å². The molecule has 0 aliphatic carbocycles. The number of hydrogen-bond acceptors (Lipinski definition) is 3. The SMILES string of the molecule is COC[C@@]1(C)NC(=O)N(Cc2cc(C)ccc2C)C1=O. The van der Waals surface area contributed by atoms with Crippen LogP contribution in [0.3, 0.4) is 0 Å². The van der Waals surface area contributed by atoms with Gasteiger partial charge in [-0.15, -0.1) is 0 Å². The standard InChI is InChI=1S/C15H20N2O3/c1-10-5-6-11(2)12(7-10)8-17-13(18)15(3,9-20-4)16-14(17)19/h5-7H,8-9H2,1-4H3,(H,16,19)/t15-/m1/s1. The van der Waals surface area contributed by atoms with Crippen molar-refractivity contribution in [2.24, 2.45) is 0 Å². The van der Waals surface area contributed by atoms with E-state index in [-0.39, 0.29) is 25.1 Å². The highest BCUT2D eigenvalue weighted by atomic mass is 16.5. The number of benzene rings is 1. The van der Waals surface area contributed by atoms with Crippen molar-refractivity contribution in [1.29, 1.82) is 0 Å². The zero-order chi connectivity index (χ0) is 14.9. The van der Waals surface area contributed by atoms with Gasteiger partial charge >= 0.3 is 6.03 Å². The Morgan fingerprint density at radius 3 is 2.65 bits per heavy atom. The minimum atomic E-state index is -0.969. The highest BCUT2D eigenvalue weighted by molar-refractivity contribution is 6.06. The summed E-state index contributed by atoms with van der Waals surface area (Å²) in [4.78, 5) is 25.7. The van der Waals surface area contributed by atoms with Crippen molar-refractivity contribution in [1.82, 2.24) is 10.2 Å². The normalized spacial score (nSPS) is 22.3. The second-order valence-corrected chi connectivity index (χ2v) is 5.52. The number of ether oxygens (including phenoxy) is 1. The fraction of sp³-hybridized carbons (Fsp3) is 0.467. The largest absolute Gasteiger partial charge is 0.382 e. The summed E-state index contributed by atoms with van der Waals surface area (Å²) in [6.45, 7) is 6.10. The molecular weight excluding hydrogens is 256 g/mol. The van der Waals surface area contributed by atoms with Gasteiger partial charge in [-0.05, 0) is 31.9 Å². The lowest BCUT2D eigenvalue weighted by atomic mass is 10.0. The van der Waals surface area contributed by atoms with Gasteiger partial charge in [0.1, 0.15) is 5.54 Å². The van der Waals surface area contributed by atoms with Gasteiger partial charge in [-0.3, -0.25) is 9.69 Å². The third kappa shape index (κ3) is 2.54. The molecule has 1 fully saturated rings. The summed E-state index contributed by atoms with van der Waals surface area (Å²) in [6.07, 6.45) is 0. The van der Waals surface area contributed by atoms with Crippen molar-refractivity contribution >= 4 is 11.9 Å². The van der Waals surface area contributed by atoms with Crippen molar-refractivity contribution in [3.05, 3.63) is 34.9 Å². The van der Waals surface area contributed by atoms with Crippen molar-refractivity contribution in [3.8, 4) is 0 Å². The fourth-order valence-corrected chi connectivity index (χ4v) is 2.42. The summed E-state index contributed by atoms with van der Waals surface area (Å²) in [5.41, 5.74) is 2.19. The van der Waals surface area contributed by atoms with Gasteiger partial charge in [-0.1, -0.05) is 23.8 Å². The van der Waals surface area contributed by atoms with E-state index in [2.05, 4.69) is 5.32 Å². The second kappa shape index (κ2) is 5.25. The molecule has 0 aromatic heterocycles. The van der Waals surface area contributed by atoms with Gasteiger partial charge in [0.2, 0.25) is 0 Å². The lowest BCUT2D eigenvalue weighted by Crippen LogP contribution is -2.47. The van der Waals surface area contributed by atoms with E-state index in [1.807, 2.05) is 32.0 Å². The predicted molar refractivity (Wildman–Crippen MR) is 75.3 cm³/mol. The number of imide groups is 1. The van der Waals surface area contributed by atoms with Crippen molar-refractivity contribution in [2.45, 2.75) is 32.9 Å². The van der Waals surface area contributed by atoms with E-state index in [4.69, 9.17) is 4.74 Å². The fourth-order valence-electron chi connectivity index (χ4n) is 2.42. The Morgan fingerprint density at radius 1 is 1.30 bits per heavy atom. The van der Waals surface area contributed by atoms with E-state index in [0.717, 1.165) is 16.7 Å². The third-order valence-corrected chi connectivity index (χ3v) is 3.61. The average Bonchev–Trinajstić information content (AvgIpc) is 2.58.